The predicted molar refractivity (Wildman–Crippen MR) is 134 cm³/mol. The van der Waals surface area contributed by atoms with Gasteiger partial charge < -0.3 is 10.2 Å². The van der Waals surface area contributed by atoms with E-state index >= 15 is 0 Å². The van der Waals surface area contributed by atoms with Crippen LogP contribution in [0.2, 0.25) is 0 Å². The summed E-state index contributed by atoms with van der Waals surface area (Å²) in [4.78, 5) is 0. The summed E-state index contributed by atoms with van der Waals surface area (Å²) in [6.07, 6.45) is 15.1. The van der Waals surface area contributed by atoms with Gasteiger partial charge in [-0.05, 0) is 97.2 Å². The molecule has 0 aromatic heterocycles. The van der Waals surface area contributed by atoms with Gasteiger partial charge in [0.15, 0.2) is 0 Å². The third-order valence-corrected chi connectivity index (χ3v) is 12.2. The van der Waals surface area contributed by atoms with Crippen molar-refractivity contribution in [1.29, 1.82) is 0 Å². The Morgan fingerprint density at radius 2 is 1.59 bits per heavy atom. The molecule has 3 saturated carbocycles. The maximum Gasteiger partial charge on any atom is 0.0628 e. The first kappa shape index (κ1) is 24.8. The Kier molecular flexibility index (Phi) is 6.50. The van der Waals surface area contributed by atoms with Gasteiger partial charge in [0.2, 0.25) is 0 Å². The van der Waals surface area contributed by atoms with Crippen LogP contribution >= 0.6 is 0 Å². The van der Waals surface area contributed by atoms with Gasteiger partial charge in [-0.2, -0.15) is 0 Å². The van der Waals surface area contributed by atoms with Gasteiger partial charge in [0, 0.05) is 12.0 Å². The molecule has 0 aliphatic heterocycles. The Morgan fingerprint density at radius 1 is 0.906 bits per heavy atom. The number of fused-ring (bicyclic) bond motifs is 5. The standard InChI is InChI=1S/C30H52O2/c1-20(19-31)9-8-10-21(2)22-13-17-30(7)24-11-12-25-27(3,4)26(32)15-16-28(25,5)23(24)14-18-29(22,30)6/h12,20-24,26,31-32H,8-11,13-19H2,1-7H3/t20-,21+,22+,23-,24+,26+,28+,29+,30-/m0/s1. The van der Waals surface area contributed by atoms with Gasteiger partial charge >= 0.3 is 0 Å². The van der Waals surface area contributed by atoms with E-state index in [1.165, 1.54) is 57.8 Å². The van der Waals surface area contributed by atoms with E-state index in [0.717, 1.165) is 30.1 Å². The number of allylic oxidation sites excluding steroid dienone is 1. The second kappa shape index (κ2) is 8.40. The van der Waals surface area contributed by atoms with Crippen LogP contribution in [-0.2, 0) is 0 Å². The highest BCUT2D eigenvalue weighted by Crippen LogP contribution is 2.73. The summed E-state index contributed by atoms with van der Waals surface area (Å²) in [5.41, 5.74) is 2.69. The fraction of sp³-hybridized carbons (Fsp3) is 0.933. The highest BCUT2D eigenvalue weighted by Gasteiger charge is 2.65. The summed E-state index contributed by atoms with van der Waals surface area (Å²) in [6, 6.07) is 0. The van der Waals surface area contributed by atoms with E-state index < -0.39 is 0 Å². The summed E-state index contributed by atoms with van der Waals surface area (Å²) >= 11 is 0. The molecular weight excluding hydrogens is 392 g/mol. The summed E-state index contributed by atoms with van der Waals surface area (Å²) in [5.74, 6) is 3.67. The lowest BCUT2D eigenvalue weighted by molar-refractivity contribution is -0.124. The van der Waals surface area contributed by atoms with Gasteiger partial charge in [0.05, 0.1) is 6.10 Å². The first-order valence-corrected chi connectivity index (χ1v) is 13.9. The molecule has 32 heavy (non-hydrogen) atoms. The lowest BCUT2D eigenvalue weighted by Gasteiger charge is -2.64. The van der Waals surface area contributed by atoms with Crippen LogP contribution in [0.3, 0.4) is 0 Å². The largest absolute Gasteiger partial charge is 0.396 e. The Balaban J connectivity index is 1.56. The van der Waals surface area contributed by atoms with Crippen molar-refractivity contribution in [3.05, 3.63) is 11.6 Å². The predicted octanol–water partition coefficient (Wildman–Crippen LogP) is 7.39. The zero-order valence-corrected chi connectivity index (χ0v) is 22.2. The van der Waals surface area contributed by atoms with E-state index in [9.17, 15) is 10.2 Å². The van der Waals surface area contributed by atoms with Crippen LogP contribution in [0, 0.1) is 51.2 Å². The van der Waals surface area contributed by atoms with Crippen LogP contribution in [0.4, 0.5) is 0 Å². The normalized spacial score (nSPS) is 47.1. The average Bonchev–Trinajstić information content (AvgIpc) is 3.02. The second-order valence-electron chi connectivity index (χ2n) is 14.0. The molecular formula is C30H52O2. The van der Waals surface area contributed by atoms with Crippen molar-refractivity contribution < 1.29 is 10.2 Å². The SMILES string of the molecule is C[C@H](CO)CCC[C@@H](C)[C@H]1CC[C@@]2(C)[C@@H]3CC=C4C(C)(C)[C@H](O)CC[C@]4(C)[C@H]3CC[C@]12C. The molecule has 4 rings (SSSR count). The van der Waals surface area contributed by atoms with Crippen molar-refractivity contribution in [2.24, 2.45) is 51.2 Å². The smallest absolute Gasteiger partial charge is 0.0628 e. The molecule has 0 amide bonds. The summed E-state index contributed by atoms with van der Waals surface area (Å²) in [6.45, 7) is 17.5. The molecule has 0 saturated heterocycles. The zero-order chi connectivity index (χ0) is 23.5. The van der Waals surface area contributed by atoms with Gasteiger partial charge in [-0.25, -0.2) is 0 Å². The quantitative estimate of drug-likeness (QED) is 0.419. The second-order valence-corrected chi connectivity index (χ2v) is 14.0. The minimum Gasteiger partial charge on any atom is -0.396 e. The van der Waals surface area contributed by atoms with E-state index in [4.69, 9.17) is 0 Å². The number of aliphatic hydroxyl groups excluding tert-OH is 2. The third-order valence-electron chi connectivity index (χ3n) is 12.2. The lowest BCUT2D eigenvalue weighted by Crippen LogP contribution is -2.57. The van der Waals surface area contributed by atoms with Gasteiger partial charge in [0.1, 0.15) is 0 Å². The third kappa shape index (κ3) is 3.48. The van der Waals surface area contributed by atoms with E-state index in [1.807, 2.05) is 0 Å². The molecule has 3 fully saturated rings. The minimum atomic E-state index is -0.187. The van der Waals surface area contributed by atoms with Crippen molar-refractivity contribution in [2.75, 3.05) is 6.61 Å². The number of aliphatic hydroxyl groups is 2. The maximum absolute atomic E-state index is 10.8. The van der Waals surface area contributed by atoms with Gasteiger partial charge in [-0.1, -0.05) is 73.0 Å². The van der Waals surface area contributed by atoms with Crippen LogP contribution in [0.25, 0.3) is 0 Å². The molecule has 2 N–H and O–H groups in total. The van der Waals surface area contributed by atoms with Crippen LogP contribution in [0.5, 0.6) is 0 Å². The first-order chi connectivity index (χ1) is 14.9. The number of hydrogen-bond donors (Lipinski definition) is 2. The van der Waals surface area contributed by atoms with Crippen molar-refractivity contribution in [2.45, 2.75) is 119 Å². The fourth-order valence-corrected chi connectivity index (χ4v) is 9.82. The molecule has 4 aliphatic rings. The van der Waals surface area contributed by atoms with Crippen LogP contribution < -0.4 is 0 Å². The van der Waals surface area contributed by atoms with Gasteiger partial charge in [0.25, 0.3) is 0 Å². The Bertz CT molecular complexity index is 724. The van der Waals surface area contributed by atoms with E-state index in [-0.39, 0.29) is 16.9 Å². The Labute approximate surface area is 198 Å². The lowest BCUT2D eigenvalue weighted by atomic mass is 9.40. The summed E-state index contributed by atoms with van der Waals surface area (Å²) in [5, 5.41) is 20.2. The van der Waals surface area contributed by atoms with Gasteiger partial charge in [-0.15, -0.1) is 0 Å². The summed E-state index contributed by atoms with van der Waals surface area (Å²) < 4.78 is 0. The molecule has 9 atom stereocenters. The van der Waals surface area contributed by atoms with E-state index in [2.05, 4.69) is 54.5 Å². The summed E-state index contributed by atoms with van der Waals surface area (Å²) in [7, 11) is 0. The molecule has 0 unspecified atom stereocenters. The maximum atomic E-state index is 10.8. The molecule has 0 aromatic rings. The van der Waals surface area contributed by atoms with Crippen molar-refractivity contribution in [3.63, 3.8) is 0 Å². The van der Waals surface area contributed by atoms with Gasteiger partial charge in [-0.3, -0.25) is 0 Å². The average molecular weight is 445 g/mol. The number of hydrogen-bond acceptors (Lipinski definition) is 2. The van der Waals surface area contributed by atoms with Crippen molar-refractivity contribution in [1.82, 2.24) is 0 Å². The van der Waals surface area contributed by atoms with Crippen LogP contribution in [0.15, 0.2) is 11.6 Å². The molecule has 4 aliphatic carbocycles. The molecule has 0 spiro atoms. The van der Waals surface area contributed by atoms with E-state index in [1.54, 1.807) is 5.57 Å². The highest BCUT2D eigenvalue weighted by molar-refractivity contribution is 5.32. The first-order valence-electron chi connectivity index (χ1n) is 13.9. The highest BCUT2D eigenvalue weighted by atomic mass is 16.3. The molecule has 0 radical (unpaired) electrons. The topological polar surface area (TPSA) is 40.5 Å². The molecule has 184 valence electrons. The fourth-order valence-electron chi connectivity index (χ4n) is 9.82. The van der Waals surface area contributed by atoms with Crippen molar-refractivity contribution >= 4 is 0 Å². The Hall–Kier alpha value is -0.340. The number of rotatable bonds is 6. The zero-order valence-electron chi connectivity index (χ0n) is 22.2. The molecule has 2 nitrogen and oxygen atoms in total. The molecule has 0 aromatic carbocycles. The van der Waals surface area contributed by atoms with Crippen LogP contribution in [0.1, 0.15) is 113 Å². The Morgan fingerprint density at radius 3 is 2.28 bits per heavy atom. The van der Waals surface area contributed by atoms with E-state index in [0.29, 0.717) is 23.4 Å². The van der Waals surface area contributed by atoms with Crippen molar-refractivity contribution in [3.8, 4) is 0 Å². The minimum absolute atomic E-state index is 0.0714. The molecule has 0 bridgehead atoms. The molecule has 2 heteroatoms. The van der Waals surface area contributed by atoms with Crippen LogP contribution in [-0.4, -0.2) is 22.9 Å². The monoisotopic (exact) mass is 444 g/mol. The molecule has 0 heterocycles.